The van der Waals surface area contributed by atoms with Gasteiger partial charge in [0, 0.05) is 0 Å². The molecule has 4 rings (SSSR count). The minimum absolute atomic E-state index is 0.0781. The molecule has 36 heavy (non-hydrogen) atoms. The molecular weight excluding hydrogens is 464 g/mol. The number of hydrogen-bond acceptors (Lipinski definition) is 7. The standard InChI is InChI=1S/C26H34N4O6/c1-17(2)20-13-26(20,28-21(31)14-27-24(33)35-16-19-11-7-4-8-12-19)22(32)23-29-30(25(34)36-23)15-18-9-5-3-6-10-18/h4,7-8,11-12,17-18,20H,3,5-6,9-10,13-16H2,1-2H3,(H,27,33)(H,28,31)/t20-,26+/m0/s1. The Hall–Kier alpha value is -3.43. The second-order valence-electron chi connectivity index (χ2n) is 10.2. The molecule has 1 aromatic carbocycles. The van der Waals surface area contributed by atoms with Crippen molar-refractivity contribution in [3.63, 3.8) is 0 Å². The van der Waals surface area contributed by atoms with Gasteiger partial charge < -0.3 is 19.8 Å². The van der Waals surface area contributed by atoms with E-state index in [2.05, 4.69) is 15.7 Å². The van der Waals surface area contributed by atoms with E-state index in [-0.39, 0.29) is 30.9 Å². The van der Waals surface area contributed by atoms with Crippen LogP contribution in [0.15, 0.2) is 39.5 Å². The van der Waals surface area contributed by atoms with Crippen molar-refractivity contribution in [1.82, 2.24) is 20.4 Å². The Morgan fingerprint density at radius 3 is 2.56 bits per heavy atom. The molecule has 2 aliphatic rings. The molecule has 2 amide bonds. The SMILES string of the molecule is CC(C)[C@@H]1C[C@]1(NC(=O)CNC(=O)OCc1ccccc1)C(=O)c1nn(CC2CCCCC2)c(=O)o1. The second-order valence-corrected chi connectivity index (χ2v) is 10.2. The number of nitrogens with zero attached hydrogens (tertiary/aromatic N) is 2. The van der Waals surface area contributed by atoms with Gasteiger partial charge >= 0.3 is 11.8 Å². The van der Waals surface area contributed by atoms with Gasteiger partial charge in [-0.2, -0.15) is 4.68 Å². The van der Waals surface area contributed by atoms with E-state index in [9.17, 15) is 19.2 Å². The minimum Gasteiger partial charge on any atom is -0.445 e. The molecule has 1 aromatic heterocycles. The number of amides is 2. The molecule has 0 saturated heterocycles. The third-order valence-electron chi connectivity index (χ3n) is 7.15. The quantitative estimate of drug-likeness (QED) is 0.481. The number of nitrogens with one attached hydrogen (secondary N) is 2. The molecule has 194 valence electrons. The van der Waals surface area contributed by atoms with Crippen molar-refractivity contribution in [3.05, 3.63) is 52.3 Å². The van der Waals surface area contributed by atoms with E-state index in [1.165, 1.54) is 11.1 Å². The topological polar surface area (TPSA) is 133 Å². The van der Waals surface area contributed by atoms with E-state index in [0.717, 1.165) is 31.2 Å². The predicted octanol–water partition coefficient (Wildman–Crippen LogP) is 3.06. The zero-order valence-corrected chi connectivity index (χ0v) is 20.8. The molecule has 0 bridgehead atoms. The van der Waals surface area contributed by atoms with Crippen LogP contribution >= 0.6 is 0 Å². The lowest BCUT2D eigenvalue weighted by Gasteiger charge is -2.20. The van der Waals surface area contributed by atoms with Gasteiger partial charge in [0.2, 0.25) is 11.7 Å². The summed E-state index contributed by atoms with van der Waals surface area (Å²) in [4.78, 5) is 50.4. The number of Topliss-reactive ketones (excluding diaryl/α,β-unsaturated/α-hetero) is 1. The Balaban J connectivity index is 1.35. The van der Waals surface area contributed by atoms with E-state index < -0.39 is 29.1 Å². The first kappa shape index (κ1) is 25.7. The molecule has 10 nitrogen and oxygen atoms in total. The van der Waals surface area contributed by atoms with Crippen molar-refractivity contribution in [2.45, 2.75) is 71.1 Å². The molecule has 10 heteroatoms. The molecule has 2 saturated carbocycles. The fraction of sp³-hybridized carbons (Fsp3) is 0.577. The Kier molecular flexibility index (Phi) is 7.91. The smallest absolute Gasteiger partial charge is 0.437 e. The van der Waals surface area contributed by atoms with Crippen molar-refractivity contribution >= 4 is 17.8 Å². The van der Waals surface area contributed by atoms with Crippen LogP contribution in [0.3, 0.4) is 0 Å². The first-order valence-electron chi connectivity index (χ1n) is 12.7. The van der Waals surface area contributed by atoms with Crippen LogP contribution in [0, 0.1) is 17.8 Å². The summed E-state index contributed by atoms with van der Waals surface area (Å²) in [6.07, 6.45) is 5.18. The zero-order valence-electron chi connectivity index (χ0n) is 20.8. The highest BCUT2D eigenvalue weighted by molar-refractivity contribution is 6.05. The Bertz CT molecular complexity index is 1130. The molecule has 2 atom stereocenters. The molecule has 2 N–H and O–H groups in total. The van der Waals surface area contributed by atoms with Crippen LogP contribution in [-0.2, 0) is 22.7 Å². The number of ketones is 1. The molecule has 0 aliphatic heterocycles. The first-order chi connectivity index (χ1) is 17.3. The molecule has 2 aliphatic carbocycles. The summed E-state index contributed by atoms with van der Waals surface area (Å²) in [6.45, 7) is 4.08. The van der Waals surface area contributed by atoms with Gasteiger partial charge in [-0.05, 0) is 42.6 Å². The minimum atomic E-state index is -1.21. The highest BCUT2D eigenvalue weighted by Gasteiger charge is 2.63. The number of aromatic nitrogens is 2. The highest BCUT2D eigenvalue weighted by Crippen LogP contribution is 2.50. The van der Waals surface area contributed by atoms with Crippen molar-refractivity contribution < 1.29 is 23.5 Å². The number of rotatable bonds is 10. The highest BCUT2D eigenvalue weighted by atomic mass is 16.5. The summed E-state index contributed by atoms with van der Waals surface area (Å²) >= 11 is 0. The van der Waals surface area contributed by atoms with Crippen molar-refractivity contribution in [3.8, 4) is 0 Å². The van der Waals surface area contributed by atoms with Gasteiger partial charge in [0.15, 0.2) is 0 Å². The van der Waals surface area contributed by atoms with Crippen molar-refractivity contribution in [1.29, 1.82) is 0 Å². The summed E-state index contributed by atoms with van der Waals surface area (Å²) < 4.78 is 11.6. The van der Waals surface area contributed by atoms with Crippen LogP contribution in [0.4, 0.5) is 4.79 Å². The Labute approximate surface area is 209 Å². The maximum Gasteiger partial charge on any atom is 0.437 e. The number of alkyl carbamates (subject to hydrolysis) is 1. The van der Waals surface area contributed by atoms with Gasteiger partial charge in [-0.25, -0.2) is 9.59 Å². The van der Waals surface area contributed by atoms with Crippen LogP contribution < -0.4 is 16.4 Å². The van der Waals surface area contributed by atoms with E-state index in [4.69, 9.17) is 9.15 Å². The number of carbonyl (C=O) groups excluding carboxylic acids is 3. The maximum atomic E-state index is 13.4. The fourth-order valence-electron chi connectivity index (χ4n) is 5.09. The first-order valence-corrected chi connectivity index (χ1v) is 12.7. The molecule has 2 fully saturated rings. The van der Waals surface area contributed by atoms with Crippen LogP contribution in [0.2, 0.25) is 0 Å². The normalized spacial score (nSPS) is 21.7. The Morgan fingerprint density at radius 1 is 1.17 bits per heavy atom. The predicted molar refractivity (Wildman–Crippen MR) is 130 cm³/mol. The van der Waals surface area contributed by atoms with Gasteiger partial charge in [-0.1, -0.05) is 63.4 Å². The average Bonchev–Trinajstić information content (AvgIpc) is 3.50. The van der Waals surface area contributed by atoms with Crippen LogP contribution in [0.5, 0.6) is 0 Å². The van der Waals surface area contributed by atoms with Gasteiger partial charge in [-0.15, -0.1) is 5.10 Å². The van der Waals surface area contributed by atoms with E-state index in [1.807, 2.05) is 44.2 Å². The summed E-state index contributed by atoms with van der Waals surface area (Å²) in [7, 11) is 0. The van der Waals surface area contributed by atoms with E-state index >= 15 is 0 Å². The lowest BCUT2D eigenvalue weighted by molar-refractivity contribution is -0.121. The van der Waals surface area contributed by atoms with Crippen molar-refractivity contribution in [2.75, 3.05) is 6.54 Å². The van der Waals surface area contributed by atoms with Gasteiger partial charge in [0.05, 0.1) is 6.54 Å². The molecule has 0 unspecified atom stereocenters. The van der Waals surface area contributed by atoms with Crippen LogP contribution in [0.25, 0.3) is 0 Å². The van der Waals surface area contributed by atoms with E-state index in [1.54, 1.807) is 0 Å². The average molecular weight is 499 g/mol. The van der Waals surface area contributed by atoms with Crippen molar-refractivity contribution in [2.24, 2.45) is 17.8 Å². The molecule has 1 heterocycles. The van der Waals surface area contributed by atoms with Crippen LogP contribution in [-0.4, -0.2) is 39.6 Å². The molecule has 2 aromatic rings. The number of benzene rings is 1. The second kappa shape index (κ2) is 11.1. The van der Waals surface area contributed by atoms with Crippen LogP contribution in [0.1, 0.15) is 68.6 Å². The maximum absolute atomic E-state index is 13.4. The molecule has 0 radical (unpaired) electrons. The van der Waals surface area contributed by atoms with Gasteiger partial charge in [0.1, 0.15) is 18.7 Å². The lowest BCUT2D eigenvalue weighted by atomic mass is 9.89. The number of carbonyl (C=O) groups is 3. The monoisotopic (exact) mass is 498 g/mol. The third kappa shape index (κ3) is 6.03. The summed E-state index contributed by atoms with van der Waals surface area (Å²) in [5, 5.41) is 9.36. The third-order valence-corrected chi connectivity index (χ3v) is 7.15. The lowest BCUT2D eigenvalue weighted by Crippen LogP contribution is -2.49. The van der Waals surface area contributed by atoms with Gasteiger partial charge in [-0.3, -0.25) is 9.59 Å². The summed E-state index contributed by atoms with van der Waals surface area (Å²) in [6, 6.07) is 9.18. The molecular formula is C26H34N4O6. The number of ether oxygens (including phenoxy) is 1. The largest absolute Gasteiger partial charge is 0.445 e. The fourth-order valence-corrected chi connectivity index (χ4v) is 5.09. The summed E-state index contributed by atoms with van der Waals surface area (Å²) in [5.74, 6) is -1.67. The van der Waals surface area contributed by atoms with E-state index in [0.29, 0.717) is 18.9 Å². The molecule has 0 spiro atoms. The number of hydrogen-bond donors (Lipinski definition) is 2. The zero-order chi connectivity index (χ0) is 25.7. The van der Waals surface area contributed by atoms with Gasteiger partial charge in [0.25, 0.3) is 5.89 Å². The Morgan fingerprint density at radius 2 is 1.89 bits per heavy atom. The summed E-state index contributed by atoms with van der Waals surface area (Å²) in [5.41, 5.74) is -0.385.